The van der Waals surface area contributed by atoms with Gasteiger partial charge in [0, 0.05) is 31.7 Å². The van der Waals surface area contributed by atoms with E-state index in [1.807, 2.05) is 11.7 Å². The van der Waals surface area contributed by atoms with Crippen LogP contribution in [-0.2, 0) is 13.6 Å². The van der Waals surface area contributed by atoms with Gasteiger partial charge in [0.2, 0.25) is 0 Å². The average molecular weight is 249 g/mol. The molecule has 5 heteroatoms. The third-order valence-electron chi connectivity index (χ3n) is 4.62. The van der Waals surface area contributed by atoms with Gasteiger partial charge in [-0.1, -0.05) is 0 Å². The van der Waals surface area contributed by atoms with Crippen molar-refractivity contribution in [1.29, 1.82) is 0 Å². The molecule has 1 N–H and O–H groups in total. The van der Waals surface area contributed by atoms with Crippen LogP contribution >= 0.6 is 0 Å². The Bertz CT molecular complexity index is 425. The van der Waals surface area contributed by atoms with E-state index in [2.05, 4.69) is 34.1 Å². The maximum Gasteiger partial charge on any atom is 0.140 e. The van der Waals surface area contributed by atoms with Gasteiger partial charge >= 0.3 is 0 Å². The molecule has 2 atom stereocenters. The molecule has 0 radical (unpaired) electrons. The first-order valence-corrected chi connectivity index (χ1v) is 6.91. The molecule has 0 aromatic carbocycles. The van der Waals surface area contributed by atoms with Crippen LogP contribution in [0.5, 0.6) is 0 Å². The fourth-order valence-corrected chi connectivity index (χ4v) is 3.08. The minimum Gasteiger partial charge on any atom is -0.311 e. The van der Waals surface area contributed by atoms with E-state index in [9.17, 15) is 0 Å². The van der Waals surface area contributed by atoms with Crippen LogP contribution in [0.1, 0.15) is 32.5 Å². The van der Waals surface area contributed by atoms with Crippen molar-refractivity contribution in [3.05, 3.63) is 12.2 Å². The Morgan fingerprint density at radius 1 is 1.50 bits per heavy atom. The number of hydrogen-bond acceptors (Lipinski definition) is 4. The molecule has 1 aliphatic carbocycles. The molecule has 2 unspecified atom stereocenters. The molecule has 5 nitrogen and oxygen atoms in total. The van der Waals surface area contributed by atoms with Gasteiger partial charge in [-0.25, -0.2) is 4.98 Å². The Kier molecular flexibility index (Phi) is 2.90. The Balaban J connectivity index is 1.79. The Hall–Kier alpha value is -0.940. The van der Waals surface area contributed by atoms with E-state index in [1.54, 1.807) is 6.33 Å². The van der Waals surface area contributed by atoms with Gasteiger partial charge in [0.05, 0.1) is 6.54 Å². The molecule has 2 aliphatic rings. The van der Waals surface area contributed by atoms with Crippen molar-refractivity contribution in [3.63, 3.8) is 0 Å². The fourth-order valence-electron chi connectivity index (χ4n) is 3.08. The molecule has 1 saturated heterocycles. The first kappa shape index (κ1) is 12.1. The highest BCUT2D eigenvalue weighted by Gasteiger charge is 2.47. The second-order valence-corrected chi connectivity index (χ2v) is 6.09. The van der Waals surface area contributed by atoms with Crippen LogP contribution in [0.25, 0.3) is 0 Å². The normalized spacial score (nSPS) is 33.8. The number of nitrogens with one attached hydrogen (secondary N) is 1. The van der Waals surface area contributed by atoms with E-state index in [-0.39, 0.29) is 0 Å². The summed E-state index contributed by atoms with van der Waals surface area (Å²) in [6.07, 6.45) is 4.40. The fraction of sp³-hybridized carbons (Fsp3) is 0.846. The largest absolute Gasteiger partial charge is 0.311 e. The second kappa shape index (κ2) is 4.31. The first-order chi connectivity index (χ1) is 8.59. The molecule has 1 aliphatic heterocycles. The summed E-state index contributed by atoms with van der Waals surface area (Å²) in [6.45, 7) is 7.77. The minimum absolute atomic E-state index is 0.290. The standard InChI is InChI=1S/C13H23N5/c1-10-6-18(7-12-15-9-16-17(12)3)13(2,8-14-10)11-4-5-11/h9-11,14H,4-8H2,1-3H3. The molecule has 0 spiro atoms. The molecule has 1 aromatic heterocycles. The molecule has 2 heterocycles. The number of aromatic nitrogens is 3. The Morgan fingerprint density at radius 3 is 2.89 bits per heavy atom. The molecular formula is C13H23N5. The van der Waals surface area contributed by atoms with Crippen LogP contribution in [0.2, 0.25) is 0 Å². The third kappa shape index (κ3) is 2.06. The lowest BCUT2D eigenvalue weighted by Crippen LogP contribution is -2.63. The second-order valence-electron chi connectivity index (χ2n) is 6.09. The highest BCUT2D eigenvalue weighted by atomic mass is 15.4. The summed E-state index contributed by atoms with van der Waals surface area (Å²) in [5.41, 5.74) is 0.290. The third-order valence-corrected chi connectivity index (χ3v) is 4.62. The van der Waals surface area contributed by atoms with Crippen LogP contribution in [-0.4, -0.2) is 44.3 Å². The van der Waals surface area contributed by atoms with E-state index < -0.39 is 0 Å². The van der Waals surface area contributed by atoms with Crippen LogP contribution in [0.4, 0.5) is 0 Å². The number of piperazine rings is 1. The summed E-state index contributed by atoms with van der Waals surface area (Å²) in [4.78, 5) is 6.98. The summed E-state index contributed by atoms with van der Waals surface area (Å²) in [5.74, 6) is 1.92. The molecule has 100 valence electrons. The Morgan fingerprint density at radius 2 is 2.28 bits per heavy atom. The molecule has 3 rings (SSSR count). The zero-order valence-corrected chi connectivity index (χ0v) is 11.6. The maximum absolute atomic E-state index is 4.37. The van der Waals surface area contributed by atoms with Crippen LogP contribution in [0, 0.1) is 5.92 Å². The summed E-state index contributed by atoms with van der Waals surface area (Å²) >= 11 is 0. The monoisotopic (exact) mass is 249 g/mol. The lowest BCUT2D eigenvalue weighted by molar-refractivity contribution is 0.0282. The van der Waals surface area contributed by atoms with Crippen molar-refractivity contribution >= 4 is 0 Å². The van der Waals surface area contributed by atoms with Crippen molar-refractivity contribution in [3.8, 4) is 0 Å². The molecule has 1 aromatic rings. The van der Waals surface area contributed by atoms with Crippen LogP contribution in [0.15, 0.2) is 6.33 Å². The molecular weight excluding hydrogens is 226 g/mol. The van der Waals surface area contributed by atoms with E-state index in [0.29, 0.717) is 11.6 Å². The minimum atomic E-state index is 0.290. The number of rotatable bonds is 3. The van der Waals surface area contributed by atoms with Crippen molar-refractivity contribution in [2.75, 3.05) is 13.1 Å². The van der Waals surface area contributed by atoms with Crippen molar-refractivity contribution in [2.45, 2.75) is 44.8 Å². The molecule has 0 amide bonds. The van der Waals surface area contributed by atoms with E-state index in [4.69, 9.17) is 0 Å². The molecule has 1 saturated carbocycles. The lowest BCUT2D eigenvalue weighted by Gasteiger charge is -2.47. The maximum atomic E-state index is 4.37. The van der Waals surface area contributed by atoms with Crippen molar-refractivity contribution < 1.29 is 0 Å². The van der Waals surface area contributed by atoms with Gasteiger partial charge in [-0.15, -0.1) is 0 Å². The first-order valence-electron chi connectivity index (χ1n) is 6.91. The van der Waals surface area contributed by atoms with E-state index >= 15 is 0 Å². The number of aryl methyl sites for hydroxylation is 1. The predicted molar refractivity (Wildman–Crippen MR) is 70.0 cm³/mol. The van der Waals surface area contributed by atoms with Crippen LogP contribution < -0.4 is 5.32 Å². The van der Waals surface area contributed by atoms with E-state index in [0.717, 1.165) is 31.4 Å². The van der Waals surface area contributed by atoms with Gasteiger partial charge in [-0.3, -0.25) is 9.58 Å². The average Bonchev–Trinajstić information content (AvgIpc) is 3.11. The number of hydrogen-bond donors (Lipinski definition) is 1. The van der Waals surface area contributed by atoms with Crippen LogP contribution in [0.3, 0.4) is 0 Å². The molecule has 18 heavy (non-hydrogen) atoms. The predicted octanol–water partition coefficient (Wildman–Crippen LogP) is 0.777. The van der Waals surface area contributed by atoms with E-state index in [1.165, 1.54) is 12.8 Å². The molecule has 0 bridgehead atoms. The summed E-state index contributed by atoms with van der Waals surface area (Å²) in [7, 11) is 1.97. The quantitative estimate of drug-likeness (QED) is 0.860. The zero-order chi connectivity index (χ0) is 12.8. The summed E-state index contributed by atoms with van der Waals surface area (Å²) in [6, 6.07) is 0.560. The summed E-state index contributed by atoms with van der Waals surface area (Å²) in [5, 5.41) is 7.81. The highest BCUT2D eigenvalue weighted by molar-refractivity contribution is 5.05. The highest BCUT2D eigenvalue weighted by Crippen LogP contribution is 2.44. The van der Waals surface area contributed by atoms with Crippen molar-refractivity contribution in [2.24, 2.45) is 13.0 Å². The zero-order valence-electron chi connectivity index (χ0n) is 11.6. The van der Waals surface area contributed by atoms with Gasteiger partial charge in [-0.2, -0.15) is 5.10 Å². The number of nitrogens with zero attached hydrogens (tertiary/aromatic N) is 4. The lowest BCUT2D eigenvalue weighted by atomic mass is 9.89. The van der Waals surface area contributed by atoms with Gasteiger partial charge in [0.25, 0.3) is 0 Å². The van der Waals surface area contributed by atoms with Gasteiger partial charge in [0.1, 0.15) is 12.2 Å². The Labute approximate surface area is 109 Å². The topological polar surface area (TPSA) is 46.0 Å². The SMILES string of the molecule is CC1CN(Cc2ncnn2C)C(C)(C2CC2)CN1. The van der Waals surface area contributed by atoms with Gasteiger partial charge in [-0.05, 0) is 32.6 Å². The smallest absolute Gasteiger partial charge is 0.140 e. The van der Waals surface area contributed by atoms with Gasteiger partial charge < -0.3 is 5.32 Å². The van der Waals surface area contributed by atoms with Crippen molar-refractivity contribution in [1.82, 2.24) is 25.0 Å². The summed E-state index contributed by atoms with van der Waals surface area (Å²) < 4.78 is 1.89. The molecule has 2 fully saturated rings. The van der Waals surface area contributed by atoms with Gasteiger partial charge in [0.15, 0.2) is 0 Å².